The number of carbonyl (C=O) groups is 1. The molecule has 0 aliphatic rings. The summed E-state index contributed by atoms with van der Waals surface area (Å²) in [6.45, 7) is 2.60. The van der Waals surface area contributed by atoms with E-state index in [1.165, 1.54) is 12.3 Å². The summed E-state index contributed by atoms with van der Waals surface area (Å²) in [4.78, 5) is 15.3. The molecule has 0 aliphatic heterocycles. The summed E-state index contributed by atoms with van der Waals surface area (Å²) in [6, 6.07) is 1.47. The number of nitrogen functional groups attached to an aromatic ring is 1. The van der Waals surface area contributed by atoms with Crippen LogP contribution in [0.25, 0.3) is 0 Å². The number of rotatable bonds is 3. The van der Waals surface area contributed by atoms with E-state index in [4.69, 9.17) is 17.3 Å². The van der Waals surface area contributed by atoms with Crippen molar-refractivity contribution in [3.05, 3.63) is 22.8 Å². The largest absolute Gasteiger partial charge is 0.384 e. The number of nitrogens with one attached hydrogen (secondary N) is 1. The number of hydrogen-bond donors (Lipinski definition) is 2. The molecule has 0 aromatic carbocycles. The first-order valence-electron chi connectivity index (χ1n) is 4.34. The molecule has 1 aromatic heterocycles. The maximum absolute atomic E-state index is 11.5. The first kappa shape index (κ1) is 10.8. The zero-order valence-electron chi connectivity index (χ0n) is 7.88. The lowest BCUT2D eigenvalue weighted by Crippen LogP contribution is -2.24. The second-order valence-electron chi connectivity index (χ2n) is 2.84. The Morgan fingerprint density at radius 2 is 2.43 bits per heavy atom. The average Bonchev–Trinajstić information content (AvgIpc) is 2.18. The van der Waals surface area contributed by atoms with E-state index < -0.39 is 0 Å². The number of halogens is 1. The van der Waals surface area contributed by atoms with Crippen LogP contribution in [0.5, 0.6) is 0 Å². The number of pyridine rings is 1. The minimum Gasteiger partial charge on any atom is -0.384 e. The Morgan fingerprint density at radius 3 is 3.07 bits per heavy atom. The number of aromatic nitrogens is 1. The lowest BCUT2D eigenvalue weighted by Gasteiger charge is -2.05. The topological polar surface area (TPSA) is 68.0 Å². The quantitative estimate of drug-likeness (QED) is 0.799. The van der Waals surface area contributed by atoms with Gasteiger partial charge in [0.15, 0.2) is 0 Å². The summed E-state index contributed by atoms with van der Waals surface area (Å²) in [5, 5.41) is 3.02. The monoisotopic (exact) mass is 213 g/mol. The standard InChI is InChI=1S/C9H12ClN3O/c1-2-3-12-9(14)6-4-8(11)13-5-7(6)10/h4-5H,2-3H2,1H3,(H2,11,13)(H,12,14). The van der Waals surface area contributed by atoms with E-state index in [-0.39, 0.29) is 11.7 Å². The first-order chi connectivity index (χ1) is 6.65. The van der Waals surface area contributed by atoms with Gasteiger partial charge < -0.3 is 11.1 Å². The van der Waals surface area contributed by atoms with E-state index in [0.717, 1.165) is 6.42 Å². The van der Waals surface area contributed by atoms with Gasteiger partial charge in [-0.25, -0.2) is 4.98 Å². The zero-order chi connectivity index (χ0) is 10.6. The molecular weight excluding hydrogens is 202 g/mol. The molecule has 4 nitrogen and oxygen atoms in total. The fourth-order valence-electron chi connectivity index (χ4n) is 0.963. The number of amides is 1. The van der Waals surface area contributed by atoms with Crippen molar-refractivity contribution in [2.45, 2.75) is 13.3 Å². The number of nitrogens with zero attached hydrogens (tertiary/aromatic N) is 1. The molecule has 76 valence electrons. The normalized spacial score (nSPS) is 9.86. The first-order valence-corrected chi connectivity index (χ1v) is 4.72. The highest BCUT2D eigenvalue weighted by molar-refractivity contribution is 6.33. The smallest absolute Gasteiger partial charge is 0.252 e. The van der Waals surface area contributed by atoms with Crippen LogP contribution in [-0.2, 0) is 0 Å². The molecule has 0 atom stereocenters. The Kier molecular flexibility index (Phi) is 3.71. The van der Waals surface area contributed by atoms with Gasteiger partial charge in [-0.1, -0.05) is 18.5 Å². The van der Waals surface area contributed by atoms with Gasteiger partial charge in [0.2, 0.25) is 0 Å². The number of hydrogen-bond acceptors (Lipinski definition) is 3. The van der Waals surface area contributed by atoms with Crippen molar-refractivity contribution in [1.29, 1.82) is 0 Å². The molecule has 0 aliphatic carbocycles. The Morgan fingerprint density at radius 1 is 1.71 bits per heavy atom. The third-order valence-corrected chi connectivity index (χ3v) is 1.96. The molecule has 1 aromatic rings. The van der Waals surface area contributed by atoms with Crippen LogP contribution in [0.15, 0.2) is 12.3 Å². The van der Waals surface area contributed by atoms with Crippen molar-refractivity contribution in [2.75, 3.05) is 12.3 Å². The van der Waals surface area contributed by atoms with E-state index in [1.807, 2.05) is 6.92 Å². The zero-order valence-corrected chi connectivity index (χ0v) is 8.64. The Balaban J connectivity index is 2.83. The summed E-state index contributed by atoms with van der Waals surface area (Å²) in [5.74, 6) is 0.0713. The van der Waals surface area contributed by atoms with Gasteiger partial charge in [-0.3, -0.25) is 4.79 Å². The van der Waals surface area contributed by atoms with Gasteiger partial charge in [-0.15, -0.1) is 0 Å². The predicted molar refractivity (Wildman–Crippen MR) is 56.3 cm³/mol. The summed E-state index contributed by atoms with van der Waals surface area (Å²) >= 11 is 5.79. The Bertz CT molecular complexity index is 341. The predicted octanol–water partition coefficient (Wildman–Crippen LogP) is 1.46. The highest BCUT2D eigenvalue weighted by Gasteiger charge is 2.09. The van der Waals surface area contributed by atoms with Gasteiger partial charge >= 0.3 is 0 Å². The second-order valence-corrected chi connectivity index (χ2v) is 3.25. The van der Waals surface area contributed by atoms with Crippen molar-refractivity contribution in [3.63, 3.8) is 0 Å². The highest BCUT2D eigenvalue weighted by Crippen LogP contribution is 2.16. The van der Waals surface area contributed by atoms with Crippen LogP contribution in [-0.4, -0.2) is 17.4 Å². The van der Waals surface area contributed by atoms with Gasteiger partial charge in [0.25, 0.3) is 5.91 Å². The summed E-state index contributed by atoms with van der Waals surface area (Å²) in [5.41, 5.74) is 5.81. The highest BCUT2D eigenvalue weighted by atomic mass is 35.5. The van der Waals surface area contributed by atoms with E-state index >= 15 is 0 Å². The molecule has 0 saturated heterocycles. The Labute approximate surface area is 87.5 Å². The SMILES string of the molecule is CCCNC(=O)c1cc(N)ncc1Cl. The molecule has 1 rings (SSSR count). The van der Waals surface area contributed by atoms with E-state index in [0.29, 0.717) is 17.1 Å². The van der Waals surface area contributed by atoms with Crippen LogP contribution in [0.4, 0.5) is 5.82 Å². The summed E-state index contributed by atoms with van der Waals surface area (Å²) in [6.07, 6.45) is 2.25. The molecule has 3 N–H and O–H groups in total. The molecule has 0 fully saturated rings. The third kappa shape index (κ3) is 2.60. The van der Waals surface area contributed by atoms with Crippen molar-refractivity contribution in [3.8, 4) is 0 Å². The molecule has 0 unspecified atom stereocenters. The van der Waals surface area contributed by atoms with E-state index in [1.54, 1.807) is 0 Å². The van der Waals surface area contributed by atoms with Crippen LogP contribution in [0.3, 0.4) is 0 Å². The van der Waals surface area contributed by atoms with Gasteiger partial charge in [0.1, 0.15) is 5.82 Å². The molecule has 5 heteroatoms. The molecule has 0 spiro atoms. The van der Waals surface area contributed by atoms with Crippen molar-refractivity contribution < 1.29 is 4.79 Å². The fraction of sp³-hybridized carbons (Fsp3) is 0.333. The lowest BCUT2D eigenvalue weighted by molar-refractivity contribution is 0.0954. The van der Waals surface area contributed by atoms with Gasteiger partial charge in [-0.05, 0) is 12.5 Å². The van der Waals surface area contributed by atoms with Gasteiger partial charge in [0, 0.05) is 12.7 Å². The Hall–Kier alpha value is -1.29. The summed E-state index contributed by atoms with van der Waals surface area (Å²) in [7, 11) is 0. The molecular formula is C9H12ClN3O. The lowest BCUT2D eigenvalue weighted by atomic mass is 10.2. The van der Waals surface area contributed by atoms with Crippen LogP contribution < -0.4 is 11.1 Å². The number of anilines is 1. The number of carbonyl (C=O) groups excluding carboxylic acids is 1. The second kappa shape index (κ2) is 4.81. The van der Waals surface area contributed by atoms with E-state index in [9.17, 15) is 4.79 Å². The average molecular weight is 214 g/mol. The van der Waals surface area contributed by atoms with Gasteiger partial charge in [0.05, 0.1) is 10.6 Å². The molecule has 0 bridgehead atoms. The van der Waals surface area contributed by atoms with Crippen LogP contribution in [0.2, 0.25) is 5.02 Å². The van der Waals surface area contributed by atoms with Crippen molar-refractivity contribution >= 4 is 23.3 Å². The van der Waals surface area contributed by atoms with Crippen molar-refractivity contribution in [2.24, 2.45) is 0 Å². The third-order valence-electron chi connectivity index (χ3n) is 1.66. The molecule has 1 amide bonds. The maximum Gasteiger partial charge on any atom is 0.252 e. The molecule has 0 saturated carbocycles. The van der Waals surface area contributed by atoms with E-state index in [2.05, 4.69) is 10.3 Å². The molecule has 1 heterocycles. The fourth-order valence-corrected chi connectivity index (χ4v) is 1.15. The van der Waals surface area contributed by atoms with Crippen LogP contribution in [0.1, 0.15) is 23.7 Å². The minimum atomic E-state index is -0.217. The molecule has 0 radical (unpaired) electrons. The summed E-state index contributed by atoms with van der Waals surface area (Å²) < 4.78 is 0. The number of nitrogens with two attached hydrogens (primary N) is 1. The minimum absolute atomic E-state index is 0.217. The maximum atomic E-state index is 11.5. The van der Waals surface area contributed by atoms with Crippen LogP contribution in [0, 0.1) is 0 Å². The van der Waals surface area contributed by atoms with Gasteiger partial charge in [-0.2, -0.15) is 0 Å². The van der Waals surface area contributed by atoms with Crippen LogP contribution >= 0.6 is 11.6 Å². The van der Waals surface area contributed by atoms with Crippen molar-refractivity contribution in [1.82, 2.24) is 10.3 Å². The molecule has 14 heavy (non-hydrogen) atoms.